The quantitative estimate of drug-likeness (QED) is 0.892. The van der Waals surface area contributed by atoms with Crippen molar-refractivity contribution in [2.45, 2.75) is 33.2 Å². The van der Waals surface area contributed by atoms with Crippen molar-refractivity contribution in [3.8, 4) is 0 Å². The molecule has 0 aliphatic rings. The number of benzene rings is 1. The number of amides is 1. The van der Waals surface area contributed by atoms with Gasteiger partial charge in [-0.3, -0.25) is 9.59 Å². The molecule has 0 saturated heterocycles. The summed E-state index contributed by atoms with van der Waals surface area (Å²) in [6, 6.07) is 6.24. The summed E-state index contributed by atoms with van der Waals surface area (Å²) in [5.74, 6) is -1.15. The van der Waals surface area contributed by atoms with Crippen molar-refractivity contribution in [3.05, 3.63) is 34.9 Å². The molecule has 104 valence electrons. The predicted octanol–water partition coefficient (Wildman–Crippen LogP) is 3.02. The van der Waals surface area contributed by atoms with Crippen LogP contribution < -0.4 is 5.32 Å². The molecule has 0 fully saturated rings. The summed E-state index contributed by atoms with van der Waals surface area (Å²) in [7, 11) is 0. The van der Waals surface area contributed by atoms with E-state index in [1.54, 1.807) is 45.0 Å². The minimum absolute atomic E-state index is 0.163. The van der Waals surface area contributed by atoms with Gasteiger partial charge in [-0.2, -0.15) is 0 Å². The Morgan fingerprint density at radius 3 is 2.21 bits per heavy atom. The zero-order chi connectivity index (χ0) is 14.6. The average Bonchev–Trinajstić information content (AvgIpc) is 2.27. The Morgan fingerprint density at radius 1 is 1.26 bits per heavy atom. The lowest BCUT2D eigenvalue weighted by atomic mass is 9.94. The van der Waals surface area contributed by atoms with E-state index in [1.807, 2.05) is 0 Å². The Labute approximate surface area is 117 Å². The topological polar surface area (TPSA) is 66.4 Å². The molecule has 4 nitrogen and oxygen atoms in total. The van der Waals surface area contributed by atoms with Crippen molar-refractivity contribution >= 4 is 23.5 Å². The molecule has 0 aliphatic carbocycles. The highest BCUT2D eigenvalue weighted by Gasteiger charge is 2.25. The number of carbonyl (C=O) groups excluding carboxylic acids is 1. The van der Waals surface area contributed by atoms with E-state index in [9.17, 15) is 9.59 Å². The molecule has 1 amide bonds. The summed E-state index contributed by atoms with van der Waals surface area (Å²) in [6.45, 7) is 5.34. The number of hydrogen-bond acceptors (Lipinski definition) is 2. The van der Waals surface area contributed by atoms with E-state index < -0.39 is 17.4 Å². The van der Waals surface area contributed by atoms with Crippen LogP contribution in [0.2, 0.25) is 5.02 Å². The fourth-order valence-electron chi connectivity index (χ4n) is 1.50. The van der Waals surface area contributed by atoms with Gasteiger partial charge in [0.2, 0.25) is 5.91 Å². The van der Waals surface area contributed by atoms with Gasteiger partial charge in [-0.25, -0.2) is 0 Å². The standard InChI is InChI=1S/C14H18ClNO3/c1-14(2,3)13(19)16-11(8-12(17)18)9-4-6-10(15)7-5-9/h4-7,11H,8H2,1-3H3,(H,16,19)(H,17,18)/t11-/m0/s1. The largest absolute Gasteiger partial charge is 0.481 e. The fraction of sp³-hybridized carbons (Fsp3) is 0.429. The molecule has 0 aliphatic heterocycles. The second-order valence-corrected chi connectivity index (χ2v) is 5.86. The molecule has 0 radical (unpaired) electrons. The van der Waals surface area contributed by atoms with Crippen LogP contribution in [0, 0.1) is 5.41 Å². The van der Waals surface area contributed by atoms with Gasteiger partial charge in [-0.15, -0.1) is 0 Å². The Hall–Kier alpha value is -1.55. The Balaban J connectivity index is 2.92. The molecule has 0 aromatic heterocycles. The molecular weight excluding hydrogens is 266 g/mol. The maximum atomic E-state index is 12.0. The zero-order valence-electron chi connectivity index (χ0n) is 11.2. The number of rotatable bonds is 4. The molecule has 0 saturated carbocycles. The van der Waals surface area contributed by atoms with Gasteiger partial charge in [0, 0.05) is 10.4 Å². The first-order valence-electron chi connectivity index (χ1n) is 5.98. The van der Waals surface area contributed by atoms with Crippen molar-refractivity contribution < 1.29 is 14.7 Å². The predicted molar refractivity (Wildman–Crippen MR) is 74.0 cm³/mol. The number of carbonyl (C=O) groups is 2. The van der Waals surface area contributed by atoms with Crippen LogP contribution in [-0.2, 0) is 9.59 Å². The molecule has 19 heavy (non-hydrogen) atoms. The highest BCUT2D eigenvalue weighted by atomic mass is 35.5. The van der Waals surface area contributed by atoms with Crippen molar-refractivity contribution in [2.75, 3.05) is 0 Å². The van der Waals surface area contributed by atoms with Crippen molar-refractivity contribution in [2.24, 2.45) is 5.41 Å². The molecule has 1 atom stereocenters. The van der Waals surface area contributed by atoms with Gasteiger partial charge < -0.3 is 10.4 Å². The third-order valence-electron chi connectivity index (χ3n) is 2.64. The van der Waals surface area contributed by atoms with Crippen LogP contribution in [0.1, 0.15) is 38.8 Å². The number of nitrogens with one attached hydrogen (secondary N) is 1. The third kappa shape index (κ3) is 4.91. The van der Waals surface area contributed by atoms with Crippen LogP contribution in [0.3, 0.4) is 0 Å². The van der Waals surface area contributed by atoms with Crippen LogP contribution in [-0.4, -0.2) is 17.0 Å². The Bertz CT molecular complexity index is 463. The number of carboxylic acid groups (broad SMARTS) is 1. The molecule has 0 spiro atoms. The van der Waals surface area contributed by atoms with E-state index in [0.29, 0.717) is 5.02 Å². The van der Waals surface area contributed by atoms with E-state index in [2.05, 4.69) is 5.32 Å². The minimum atomic E-state index is -0.964. The van der Waals surface area contributed by atoms with Crippen LogP contribution in [0.15, 0.2) is 24.3 Å². The lowest BCUT2D eigenvalue weighted by Crippen LogP contribution is -2.38. The molecule has 0 heterocycles. The van der Waals surface area contributed by atoms with Gasteiger partial charge >= 0.3 is 5.97 Å². The number of carboxylic acids is 1. The monoisotopic (exact) mass is 283 g/mol. The first-order valence-corrected chi connectivity index (χ1v) is 6.36. The van der Waals surface area contributed by atoms with E-state index in [1.165, 1.54) is 0 Å². The van der Waals surface area contributed by atoms with Crippen LogP contribution >= 0.6 is 11.6 Å². The lowest BCUT2D eigenvalue weighted by Gasteiger charge is -2.23. The molecule has 1 aromatic rings. The first-order chi connectivity index (χ1) is 8.70. The molecule has 0 unspecified atom stereocenters. The second-order valence-electron chi connectivity index (χ2n) is 5.43. The van der Waals surface area contributed by atoms with Crippen molar-refractivity contribution in [1.82, 2.24) is 5.32 Å². The Kier molecular flexibility index (Phi) is 4.95. The summed E-state index contributed by atoms with van der Waals surface area (Å²) in [5.41, 5.74) is 0.160. The second kappa shape index (κ2) is 6.06. The molecular formula is C14H18ClNO3. The van der Waals surface area contributed by atoms with Gasteiger partial charge in [-0.05, 0) is 17.7 Å². The van der Waals surface area contributed by atoms with Gasteiger partial charge in [0.1, 0.15) is 0 Å². The molecule has 5 heteroatoms. The van der Waals surface area contributed by atoms with E-state index in [4.69, 9.17) is 16.7 Å². The maximum absolute atomic E-state index is 12.0. The highest BCUT2D eigenvalue weighted by molar-refractivity contribution is 6.30. The minimum Gasteiger partial charge on any atom is -0.481 e. The summed E-state index contributed by atoms with van der Waals surface area (Å²) < 4.78 is 0. The SMILES string of the molecule is CC(C)(C)C(=O)N[C@@H](CC(=O)O)c1ccc(Cl)cc1. The number of hydrogen-bond donors (Lipinski definition) is 2. The van der Waals surface area contributed by atoms with Crippen LogP contribution in [0.5, 0.6) is 0 Å². The summed E-state index contributed by atoms with van der Waals surface area (Å²) in [6.07, 6.45) is -0.163. The number of aliphatic carboxylic acids is 1. The summed E-state index contributed by atoms with van der Waals surface area (Å²) in [5, 5.41) is 12.3. The normalized spacial score (nSPS) is 12.8. The fourth-order valence-corrected chi connectivity index (χ4v) is 1.62. The summed E-state index contributed by atoms with van der Waals surface area (Å²) in [4.78, 5) is 22.9. The first kappa shape index (κ1) is 15.5. The zero-order valence-corrected chi connectivity index (χ0v) is 12.0. The van der Waals surface area contributed by atoms with E-state index in [-0.39, 0.29) is 12.3 Å². The molecule has 2 N–H and O–H groups in total. The Morgan fingerprint density at radius 2 is 1.79 bits per heavy atom. The lowest BCUT2D eigenvalue weighted by molar-refractivity contribution is -0.138. The van der Waals surface area contributed by atoms with Crippen molar-refractivity contribution in [3.63, 3.8) is 0 Å². The van der Waals surface area contributed by atoms with Gasteiger partial charge in [0.05, 0.1) is 12.5 Å². The van der Waals surface area contributed by atoms with E-state index >= 15 is 0 Å². The van der Waals surface area contributed by atoms with Gasteiger partial charge in [0.15, 0.2) is 0 Å². The smallest absolute Gasteiger partial charge is 0.305 e. The molecule has 1 aromatic carbocycles. The number of halogens is 1. The van der Waals surface area contributed by atoms with Crippen molar-refractivity contribution in [1.29, 1.82) is 0 Å². The average molecular weight is 284 g/mol. The van der Waals surface area contributed by atoms with Crippen LogP contribution in [0.4, 0.5) is 0 Å². The summed E-state index contributed by atoms with van der Waals surface area (Å²) >= 11 is 5.80. The van der Waals surface area contributed by atoms with Crippen LogP contribution in [0.25, 0.3) is 0 Å². The highest BCUT2D eigenvalue weighted by Crippen LogP contribution is 2.22. The molecule has 1 rings (SSSR count). The molecule has 0 bridgehead atoms. The van der Waals surface area contributed by atoms with Gasteiger partial charge in [-0.1, -0.05) is 44.5 Å². The maximum Gasteiger partial charge on any atom is 0.305 e. The van der Waals surface area contributed by atoms with Gasteiger partial charge in [0.25, 0.3) is 0 Å². The van der Waals surface area contributed by atoms with E-state index in [0.717, 1.165) is 5.56 Å². The third-order valence-corrected chi connectivity index (χ3v) is 2.89.